The summed E-state index contributed by atoms with van der Waals surface area (Å²) in [6.45, 7) is 2.64. The molecule has 5 rings (SSSR count). The number of hydrogen-bond donors (Lipinski definition) is 3. The number of aromatic nitrogens is 3. The smallest absolute Gasteiger partial charge is 0.268 e. The Labute approximate surface area is 154 Å². The fraction of sp³-hybridized carbons (Fsp3) is 0.150. The van der Waals surface area contributed by atoms with Gasteiger partial charge in [0.15, 0.2) is 0 Å². The summed E-state index contributed by atoms with van der Waals surface area (Å²) in [5.41, 5.74) is 3.68. The highest BCUT2D eigenvalue weighted by molar-refractivity contribution is 6.07. The van der Waals surface area contributed by atoms with Gasteiger partial charge in [0.05, 0.1) is 11.0 Å². The Morgan fingerprint density at radius 1 is 1.22 bits per heavy atom. The lowest BCUT2D eigenvalue weighted by atomic mass is 10.1. The lowest BCUT2D eigenvalue weighted by Gasteiger charge is -2.23. The van der Waals surface area contributed by atoms with Crippen molar-refractivity contribution in [3.8, 4) is 0 Å². The maximum Gasteiger partial charge on any atom is 0.268 e. The number of para-hydroxylation sites is 2. The fourth-order valence-corrected chi connectivity index (χ4v) is 3.59. The summed E-state index contributed by atoms with van der Waals surface area (Å²) in [6, 6.07) is 15.0. The molecule has 0 saturated carbocycles. The van der Waals surface area contributed by atoms with Crippen molar-refractivity contribution in [2.45, 2.75) is 19.5 Å². The second-order valence-corrected chi connectivity index (χ2v) is 6.84. The summed E-state index contributed by atoms with van der Waals surface area (Å²) >= 11 is 0. The topological polar surface area (TPSA) is 91.8 Å². The van der Waals surface area contributed by atoms with Crippen LogP contribution >= 0.6 is 0 Å². The molecule has 0 radical (unpaired) electrons. The average Bonchev–Trinajstić information content (AvgIpc) is 3.22. The minimum Gasteiger partial charge on any atom is -0.347 e. The molecule has 2 aromatic carbocycles. The van der Waals surface area contributed by atoms with Crippen LogP contribution in [0.5, 0.6) is 0 Å². The molecule has 4 aromatic rings. The van der Waals surface area contributed by atoms with E-state index in [2.05, 4.69) is 20.6 Å². The van der Waals surface area contributed by atoms with Gasteiger partial charge in [-0.15, -0.1) is 0 Å². The molecule has 0 saturated heterocycles. The number of anilines is 1. The highest BCUT2D eigenvalue weighted by Crippen LogP contribution is 2.24. The van der Waals surface area contributed by atoms with E-state index in [0.29, 0.717) is 23.8 Å². The Bertz CT molecular complexity index is 1190. The van der Waals surface area contributed by atoms with Gasteiger partial charge in [0.1, 0.15) is 5.69 Å². The van der Waals surface area contributed by atoms with Gasteiger partial charge >= 0.3 is 0 Å². The summed E-state index contributed by atoms with van der Waals surface area (Å²) < 4.78 is 1.97. The maximum atomic E-state index is 12.7. The number of amides is 2. The molecule has 0 spiro atoms. The van der Waals surface area contributed by atoms with E-state index >= 15 is 0 Å². The van der Waals surface area contributed by atoms with E-state index in [9.17, 15) is 9.59 Å². The number of carbonyl (C=O) groups excluding carboxylic acids is 2. The molecule has 3 N–H and O–H groups in total. The summed E-state index contributed by atoms with van der Waals surface area (Å²) in [7, 11) is 0. The molecule has 2 amide bonds. The van der Waals surface area contributed by atoms with Crippen molar-refractivity contribution >= 4 is 39.7 Å². The Kier molecular flexibility index (Phi) is 3.30. The van der Waals surface area contributed by atoms with Crippen molar-refractivity contribution in [3.05, 3.63) is 59.8 Å². The highest BCUT2D eigenvalue weighted by atomic mass is 16.2. The molecule has 7 heteroatoms. The predicted molar refractivity (Wildman–Crippen MR) is 103 cm³/mol. The molecule has 134 valence electrons. The number of rotatable bonds is 2. The first kappa shape index (κ1) is 15.6. The molecule has 7 nitrogen and oxygen atoms in total. The minimum atomic E-state index is -0.250. The number of aromatic amines is 1. The van der Waals surface area contributed by atoms with E-state index in [4.69, 9.17) is 0 Å². The number of hydrogen-bond acceptors (Lipinski definition) is 3. The quantitative estimate of drug-likeness (QED) is 0.514. The Morgan fingerprint density at radius 2 is 2.07 bits per heavy atom. The van der Waals surface area contributed by atoms with Gasteiger partial charge in [0.25, 0.3) is 11.8 Å². The van der Waals surface area contributed by atoms with Crippen LogP contribution in [0.4, 0.5) is 5.95 Å². The molecular weight excluding hydrogens is 342 g/mol. The van der Waals surface area contributed by atoms with Crippen molar-refractivity contribution < 1.29 is 9.59 Å². The first-order chi connectivity index (χ1) is 13.1. The van der Waals surface area contributed by atoms with Crippen molar-refractivity contribution in [1.29, 1.82) is 0 Å². The van der Waals surface area contributed by atoms with Gasteiger partial charge in [0.2, 0.25) is 5.95 Å². The largest absolute Gasteiger partial charge is 0.347 e. The predicted octanol–water partition coefficient (Wildman–Crippen LogP) is 2.90. The van der Waals surface area contributed by atoms with Crippen LogP contribution in [-0.2, 0) is 6.54 Å². The van der Waals surface area contributed by atoms with E-state index in [1.54, 1.807) is 6.07 Å². The standard InChI is InChI=1S/C20H17N5O2/c1-11-10-25-16-9-13(7-6-12(16)8-17(25)19(27)21-11)18(26)24-20-22-14-4-2-3-5-15(14)23-20/h2-9,11H,10H2,1H3,(H,21,27)(H2,22,23,24,26)/t11-/m0/s1. The van der Waals surface area contributed by atoms with Gasteiger partial charge in [-0.2, -0.15) is 0 Å². The van der Waals surface area contributed by atoms with Crippen LogP contribution in [-0.4, -0.2) is 32.4 Å². The van der Waals surface area contributed by atoms with Crippen LogP contribution in [0.1, 0.15) is 27.8 Å². The van der Waals surface area contributed by atoms with Crippen LogP contribution in [0.25, 0.3) is 21.9 Å². The lowest BCUT2D eigenvalue weighted by Crippen LogP contribution is -2.42. The highest BCUT2D eigenvalue weighted by Gasteiger charge is 2.24. The summed E-state index contributed by atoms with van der Waals surface area (Å²) in [4.78, 5) is 32.3. The third-order valence-corrected chi connectivity index (χ3v) is 4.85. The SMILES string of the molecule is C[C@H]1Cn2c(cc3ccc(C(=O)Nc4nc5ccccc5[nH]4)cc32)C(=O)N1. The monoisotopic (exact) mass is 359 g/mol. The molecule has 3 heterocycles. The van der Waals surface area contributed by atoms with E-state index in [-0.39, 0.29) is 17.9 Å². The van der Waals surface area contributed by atoms with Crippen molar-refractivity contribution in [2.24, 2.45) is 0 Å². The molecule has 0 unspecified atom stereocenters. The normalized spacial score (nSPS) is 16.3. The number of H-pyrrole nitrogens is 1. The second-order valence-electron chi connectivity index (χ2n) is 6.84. The average molecular weight is 359 g/mol. The number of nitrogens with zero attached hydrogens (tertiary/aromatic N) is 2. The Balaban J connectivity index is 1.50. The van der Waals surface area contributed by atoms with Gasteiger partial charge < -0.3 is 14.9 Å². The molecule has 0 fully saturated rings. The van der Waals surface area contributed by atoms with E-state index in [0.717, 1.165) is 21.9 Å². The van der Waals surface area contributed by atoms with Crippen LogP contribution < -0.4 is 10.6 Å². The molecule has 1 aliphatic heterocycles. The number of imidazole rings is 1. The number of fused-ring (bicyclic) bond motifs is 4. The van der Waals surface area contributed by atoms with Crippen molar-refractivity contribution in [2.75, 3.05) is 5.32 Å². The van der Waals surface area contributed by atoms with Gasteiger partial charge in [-0.25, -0.2) is 4.98 Å². The number of carbonyl (C=O) groups is 2. The zero-order chi connectivity index (χ0) is 18.5. The van der Waals surface area contributed by atoms with E-state index in [1.165, 1.54) is 0 Å². The first-order valence-electron chi connectivity index (χ1n) is 8.79. The number of nitrogens with one attached hydrogen (secondary N) is 3. The lowest BCUT2D eigenvalue weighted by molar-refractivity contribution is 0.0907. The van der Waals surface area contributed by atoms with Crippen LogP contribution in [0.2, 0.25) is 0 Å². The third kappa shape index (κ3) is 2.55. The van der Waals surface area contributed by atoms with Gasteiger partial charge in [0, 0.05) is 29.1 Å². The van der Waals surface area contributed by atoms with Crippen LogP contribution in [0.3, 0.4) is 0 Å². The zero-order valence-electron chi connectivity index (χ0n) is 14.6. The summed E-state index contributed by atoms with van der Waals surface area (Å²) in [5.74, 6) is 0.0736. The van der Waals surface area contributed by atoms with Gasteiger partial charge in [-0.3, -0.25) is 14.9 Å². The molecule has 1 aliphatic rings. The Hall–Kier alpha value is -3.61. The molecule has 1 atom stereocenters. The van der Waals surface area contributed by atoms with Gasteiger partial charge in [-0.05, 0) is 37.3 Å². The molecule has 0 aliphatic carbocycles. The molecular formula is C20H17N5O2. The van der Waals surface area contributed by atoms with Gasteiger partial charge in [-0.1, -0.05) is 18.2 Å². The van der Waals surface area contributed by atoms with E-state index in [1.807, 2.05) is 54.0 Å². The summed E-state index contributed by atoms with van der Waals surface area (Å²) in [6.07, 6.45) is 0. The van der Waals surface area contributed by atoms with Crippen molar-refractivity contribution in [3.63, 3.8) is 0 Å². The Morgan fingerprint density at radius 3 is 2.93 bits per heavy atom. The third-order valence-electron chi connectivity index (χ3n) is 4.85. The van der Waals surface area contributed by atoms with Crippen LogP contribution in [0.15, 0.2) is 48.5 Å². The molecule has 2 aromatic heterocycles. The second kappa shape index (κ2) is 5.70. The minimum absolute atomic E-state index is 0.0497. The first-order valence-corrected chi connectivity index (χ1v) is 8.79. The maximum absolute atomic E-state index is 12.7. The van der Waals surface area contributed by atoms with Crippen molar-refractivity contribution in [1.82, 2.24) is 19.9 Å². The van der Waals surface area contributed by atoms with Crippen LogP contribution in [0, 0.1) is 0 Å². The summed E-state index contributed by atoms with van der Waals surface area (Å²) in [5, 5.41) is 6.68. The number of benzene rings is 2. The molecule has 27 heavy (non-hydrogen) atoms. The van der Waals surface area contributed by atoms with E-state index < -0.39 is 0 Å². The zero-order valence-corrected chi connectivity index (χ0v) is 14.6. The molecule has 0 bridgehead atoms. The fourth-order valence-electron chi connectivity index (χ4n) is 3.59.